The van der Waals surface area contributed by atoms with Crippen LogP contribution in [-0.2, 0) is 0 Å². The van der Waals surface area contributed by atoms with Crippen LogP contribution < -0.4 is 10.5 Å². The molecule has 1 fully saturated rings. The molecule has 0 radical (unpaired) electrons. The van der Waals surface area contributed by atoms with Crippen LogP contribution in [0.3, 0.4) is 0 Å². The summed E-state index contributed by atoms with van der Waals surface area (Å²) in [6.07, 6.45) is 4.86. The molecule has 3 heteroatoms. The van der Waals surface area contributed by atoms with Crippen molar-refractivity contribution in [2.24, 2.45) is 11.7 Å². The molecule has 0 amide bonds. The van der Waals surface area contributed by atoms with Gasteiger partial charge in [-0.05, 0) is 24.8 Å². The van der Waals surface area contributed by atoms with Crippen molar-refractivity contribution in [1.82, 2.24) is 0 Å². The first-order chi connectivity index (χ1) is 7.72. The van der Waals surface area contributed by atoms with Crippen LogP contribution in [0.25, 0.3) is 0 Å². The van der Waals surface area contributed by atoms with Crippen LogP contribution in [0.2, 0.25) is 0 Å². The number of rotatable bonds is 3. The predicted molar refractivity (Wildman–Crippen MR) is 63.5 cm³/mol. The highest BCUT2D eigenvalue weighted by atomic mass is 16.5. The summed E-state index contributed by atoms with van der Waals surface area (Å²) in [5.41, 5.74) is 7.03. The number of benzene rings is 1. The average molecular weight is 221 g/mol. The summed E-state index contributed by atoms with van der Waals surface area (Å²) in [6.45, 7) is 0. The molecule has 0 aromatic heterocycles. The van der Waals surface area contributed by atoms with E-state index in [9.17, 15) is 5.11 Å². The Kier molecular flexibility index (Phi) is 3.34. The number of nitrogens with two attached hydrogens (primary N) is 1. The Morgan fingerprint density at radius 3 is 2.62 bits per heavy atom. The summed E-state index contributed by atoms with van der Waals surface area (Å²) in [5, 5.41) is 9.89. The van der Waals surface area contributed by atoms with Crippen molar-refractivity contribution in [3.8, 4) is 11.5 Å². The zero-order chi connectivity index (χ0) is 11.5. The van der Waals surface area contributed by atoms with Crippen LogP contribution in [0, 0.1) is 5.92 Å². The molecule has 0 saturated heterocycles. The normalized spacial score (nSPS) is 18.6. The Bertz CT molecular complexity index is 359. The fraction of sp³-hybridized carbons (Fsp3) is 0.538. The number of hydrogen-bond donors (Lipinski definition) is 2. The third-order valence-electron chi connectivity index (χ3n) is 3.50. The van der Waals surface area contributed by atoms with Gasteiger partial charge in [-0.2, -0.15) is 0 Å². The standard InChI is InChI=1S/C13H19NO2/c1-16-10-6-7-11(12(15)8-10)13(14)9-4-2-3-5-9/h6-9,13,15H,2-5,14H2,1H3/t13-/m0/s1. The van der Waals surface area contributed by atoms with Crippen molar-refractivity contribution in [2.45, 2.75) is 31.7 Å². The molecule has 2 rings (SSSR count). The molecular weight excluding hydrogens is 202 g/mol. The molecule has 1 atom stereocenters. The van der Waals surface area contributed by atoms with Gasteiger partial charge in [-0.25, -0.2) is 0 Å². The van der Waals surface area contributed by atoms with Crippen LogP contribution in [0.4, 0.5) is 0 Å². The highest BCUT2D eigenvalue weighted by molar-refractivity contribution is 5.41. The van der Waals surface area contributed by atoms with Crippen molar-refractivity contribution in [1.29, 1.82) is 0 Å². The minimum Gasteiger partial charge on any atom is -0.507 e. The van der Waals surface area contributed by atoms with E-state index in [1.807, 2.05) is 12.1 Å². The monoisotopic (exact) mass is 221 g/mol. The van der Waals surface area contributed by atoms with Gasteiger partial charge >= 0.3 is 0 Å². The van der Waals surface area contributed by atoms with E-state index in [1.165, 1.54) is 25.7 Å². The Labute approximate surface area is 96.2 Å². The maximum atomic E-state index is 9.89. The molecule has 0 spiro atoms. The quantitative estimate of drug-likeness (QED) is 0.824. The highest BCUT2D eigenvalue weighted by Crippen LogP contribution is 2.38. The lowest BCUT2D eigenvalue weighted by atomic mass is 9.92. The molecule has 1 saturated carbocycles. The molecule has 16 heavy (non-hydrogen) atoms. The molecule has 1 aromatic carbocycles. The van der Waals surface area contributed by atoms with Gasteiger partial charge in [0, 0.05) is 17.7 Å². The van der Waals surface area contributed by atoms with Gasteiger partial charge in [0.25, 0.3) is 0 Å². The maximum Gasteiger partial charge on any atom is 0.124 e. The third-order valence-corrected chi connectivity index (χ3v) is 3.50. The second-order valence-corrected chi connectivity index (χ2v) is 4.50. The van der Waals surface area contributed by atoms with E-state index in [-0.39, 0.29) is 11.8 Å². The van der Waals surface area contributed by atoms with E-state index in [1.54, 1.807) is 13.2 Å². The zero-order valence-electron chi connectivity index (χ0n) is 9.65. The predicted octanol–water partition coefficient (Wildman–Crippen LogP) is 2.59. The first kappa shape index (κ1) is 11.3. The van der Waals surface area contributed by atoms with Gasteiger partial charge in [-0.15, -0.1) is 0 Å². The fourth-order valence-corrected chi connectivity index (χ4v) is 2.50. The van der Waals surface area contributed by atoms with E-state index in [2.05, 4.69) is 0 Å². The smallest absolute Gasteiger partial charge is 0.124 e. The molecule has 0 bridgehead atoms. The second-order valence-electron chi connectivity index (χ2n) is 4.50. The molecule has 3 nitrogen and oxygen atoms in total. The van der Waals surface area contributed by atoms with Gasteiger partial charge in [0.05, 0.1) is 7.11 Å². The molecule has 1 aromatic rings. The molecule has 1 aliphatic carbocycles. The Balaban J connectivity index is 2.19. The van der Waals surface area contributed by atoms with E-state index >= 15 is 0 Å². The molecule has 0 unspecified atom stereocenters. The Morgan fingerprint density at radius 1 is 1.38 bits per heavy atom. The molecule has 1 aliphatic rings. The summed E-state index contributed by atoms with van der Waals surface area (Å²) < 4.78 is 5.05. The molecule has 88 valence electrons. The number of aromatic hydroxyl groups is 1. The van der Waals surface area contributed by atoms with Crippen LogP contribution in [-0.4, -0.2) is 12.2 Å². The number of phenolic OH excluding ortho intramolecular Hbond substituents is 1. The first-order valence-corrected chi connectivity index (χ1v) is 5.85. The number of phenols is 1. The largest absolute Gasteiger partial charge is 0.507 e. The zero-order valence-corrected chi connectivity index (χ0v) is 9.65. The van der Waals surface area contributed by atoms with Crippen molar-refractivity contribution < 1.29 is 9.84 Å². The number of ether oxygens (including phenoxy) is 1. The minimum atomic E-state index is -0.0478. The summed E-state index contributed by atoms with van der Waals surface area (Å²) in [6, 6.07) is 5.30. The van der Waals surface area contributed by atoms with Crippen molar-refractivity contribution in [3.05, 3.63) is 23.8 Å². The van der Waals surface area contributed by atoms with Crippen LogP contribution >= 0.6 is 0 Å². The van der Waals surface area contributed by atoms with Crippen molar-refractivity contribution >= 4 is 0 Å². The van der Waals surface area contributed by atoms with E-state index in [4.69, 9.17) is 10.5 Å². The summed E-state index contributed by atoms with van der Waals surface area (Å²) in [7, 11) is 1.59. The number of hydrogen-bond acceptors (Lipinski definition) is 3. The summed E-state index contributed by atoms with van der Waals surface area (Å²) in [4.78, 5) is 0. The Hall–Kier alpha value is -1.22. The van der Waals surface area contributed by atoms with Gasteiger partial charge in [-0.3, -0.25) is 0 Å². The topological polar surface area (TPSA) is 55.5 Å². The highest BCUT2D eigenvalue weighted by Gasteiger charge is 2.25. The fourth-order valence-electron chi connectivity index (χ4n) is 2.50. The maximum absolute atomic E-state index is 9.89. The van der Waals surface area contributed by atoms with Gasteiger partial charge < -0.3 is 15.6 Å². The van der Waals surface area contributed by atoms with Gasteiger partial charge in [0.1, 0.15) is 11.5 Å². The van der Waals surface area contributed by atoms with Crippen LogP contribution in [0.15, 0.2) is 18.2 Å². The molecule has 3 N–H and O–H groups in total. The van der Waals surface area contributed by atoms with Crippen molar-refractivity contribution in [2.75, 3.05) is 7.11 Å². The molecule has 0 aliphatic heterocycles. The van der Waals surface area contributed by atoms with E-state index in [0.29, 0.717) is 11.7 Å². The summed E-state index contributed by atoms with van der Waals surface area (Å²) in [5.74, 6) is 1.43. The lowest BCUT2D eigenvalue weighted by Crippen LogP contribution is -2.19. The van der Waals surface area contributed by atoms with Crippen molar-refractivity contribution in [3.63, 3.8) is 0 Å². The van der Waals surface area contributed by atoms with E-state index < -0.39 is 0 Å². The van der Waals surface area contributed by atoms with Gasteiger partial charge in [0.15, 0.2) is 0 Å². The first-order valence-electron chi connectivity index (χ1n) is 5.85. The summed E-state index contributed by atoms with van der Waals surface area (Å²) >= 11 is 0. The van der Waals surface area contributed by atoms with E-state index in [0.717, 1.165) is 5.56 Å². The lowest BCUT2D eigenvalue weighted by molar-refractivity contribution is 0.394. The second kappa shape index (κ2) is 4.74. The van der Waals surface area contributed by atoms with Crippen LogP contribution in [0.5, 0.6) is 11.5 Å². The van der Waals surface area contributed by atoms with Gasteiger partial charge in [-0.1, -0.05) is 18.9 Å². The lowest BCUT2D eigenvalue weighted by Gasteiger charge is -2.20. The van der Waals surface area contributed by atoms with Crippen LogP contribution in [0.1, 0.15) is 37.3 Å². The molecule has 0 heterocycles. The average Bonchev–Trinajstić information content (AvgIpc) is 2.81. The number of methoxy groups -OCH3 is 1. The van der Waals surface area contributed by atoms with Gasteiger partial charge in [0.2, 0.25) is 0 Å². The molecular formula is C13H19NO2. The third kappa shape index (κ3) is 2.14. The minimum absolute atomic E-state index is 0.0478. The SMILES string of the molecule is COc1ccc([C@@H](N)C2CCCC2)c(O)c1. The Morgan fingerprint density at radius 2 is 2.06 bits per heavy atom.